The molecule has 20 heavy (non-hydrogen) atoms. The highest BCUT2D eigenvalue weighted by molar-refractivity contribution is 8.07. The number of hydrogen-bond acceptors (Lipinski definition) is 4. The summed E-state index contributed by atoms with van der Waals surface area (Å²) in [6.07, 6.45) is 11.8. The highest BCUT2D eigenvalue weighted by atomic mass is 35.5. The minimum atomic E-state index is -2.71. The number of hydrogen-bond donors (Lipinski definition) is 0. The fourth-order valence-electron chi connectivity index (χ4n) is 1.84. The quantitative estimate of drug-likeness (QED) is 0.255. The molecule has 0 spiro atoms. The van der Waals surface area contributed by atoms with E-state index in [4.69, 9.17) is 36.8 Å². The van der Waals surface area contributed by atoms with Crippen molar-refractivity contribution in [3.8, 4) is 0 Å². The molecule has 0 radical (unpaired) electrons. The van der Waals surface area contributed by atoms with Crippen molar-refractivity contribution in [3.63, 3.8) is 0 Å². The van der Waals surface area contributed by atoms with Crippen molar-refractivity contribution in [3.05, 3.63) is 0 Å². The zero-order valence-electron chi connectivity index (χ0n) is 12.9. The van der Waals surface area contributed by atoms with Gasteiger partial charge in [-0.25, -0.2) is 0 Å². The van der Waals surface area contributed by atoms with E-state index in [0.717, 1.165) is 25.7 Å². The lowest BCUT2D eigenvalue weighted by Gasteiger charge is -2.17. The summed E-state index contributed by atoms with van der Waals surface area (Å²) >= 11 is 10.6. The second-order valence-electron chi connectivity index (χ2n) is 5.01. The van der Waals surface area contributed by atoms with E-state index in [9.17, 15) is 0 Å². The maximum absolute atomic E-state index is 5.54. The molecule has 0 atom stereocenters. The monoisotopic (exact) mass is 344 g/mol. The van der Waals surface area contributed by atoms with Crippen LogP contribution in [0.1, 0.15) is 78.1 Å². The molecule has 0 N–H and O–H groups in total. The van der Waals surface area contributed by atoms with Crippen molar-refractivity contribution >= 4 is 30.4 Å². The van der Waals surface area contributed by atoms with Gasteiger partial charge in [-0.3, -0.25) is 0 Å². The van der Waals surface area contributed by atoms with Gasteiger partial charge < -0.3 is 9.05 Å². The Morgan fingerprint density at radius 2 is 1.15 bits per heavy atom. The van der Waals surface area contributed by atoms with Crippen LogP contribution in [0.3, 0.4) is 0 Å². The lowest BCUT2D eigenvalue weighted by molar-refractivity contribution is 0.199. The lowest BCUT2D eigenvalue weighted by atomic mass is 10.2. The van der Waals surface area contributed by atoms with E-state index in [1.54, 1.807) is 0 Å². The summed E-state index contributed by atoms with van der Waals surface area (Å²) in [4.78, 5) is 0. The summed E-state index contributed by atoms with van der Waals surface area (Å²) in [5, 5.41) is 0. The summed E-state index contributed by atoms with van der Waals surface area (Å²) in [6, 6.07) is 0. The van der Waals surface area contributed by atoms with Crippen molar-refractivity contribution in [1.82, 2.24) is 0 Å². The Morgan fingerprint density at radius 3 is 1.50 bits per heavy atom. The lowest BCUT2D eigenvalue weighted by Crippen LogP contribution is -1.99. The van der Waals surface area contributed by atoms with Crippen LogP contribution in [0, 0.1) is 0 Å². The smallest absolute Gasteiger partial charge is 0.308 e. The molecule has 0 aromatic carbocycles. The minimum Gasteiger partial charge on any atom is -0.308 e. The van der Waals surface area contributed by atoms with Crippen LogP contribution in [0.15, 0.2) is 0 Å². The van der Waals surface area contributed by atoms with Gasteiger partial charge in [-0.05, 0) is 24.6 Å². The topological polar surface area (TPSA) is 27.7 Å². The molecule has 0 aliphatic rings. The van der Waals surface area contributed by atoms with E-state index < -0.39 is 6.72 Å². The van der Waals surface area contributed by atoms with Crippen LogP contribution in [0.5, 0.6) is 0 Å². The summed E-state index contributed by atoms with van der Waals surface area (Å²) in [6.45, 7) is 2.83. The molecule has 0 heterocycles. The Hall–Kier alpha value is 0.820. The fourth-order valence-corrected chi connectivity index (χ4v) is 3.39. The zero-order valence-corrected chi connectivity index (χ0v) is 15.4. The Morgan fingerprint density at radius 1 is 0.750 bits per heavy atom. The van der Waals surface area contributed by atoms with E-state index >= 15 is 0 Å². The molecule has 0 saturated heterocycles. The average Bonchev–Trinajstić information content (AvgIpc) is 2.46. The van der Waals surface area contributed by atoms with Gasteiger partial charge in [0.15, 0.2) is 0 Å². The number of halogens is 1. The van der Waals surface area contributed by atoms with Gasteiger partial charge in [0.05, 0.1) is 25.1 Å². The fraction of sp³-hybridized carbons (Fsp3) is 1.00. The first-order valence-electron chi connectivity index (χ1n) is 7.88. The highest BCUT2D eigenvalue weighted by Gasteiger charge is 2.19. The average molecular weight is 345 g/mol. The Bertz CT molecular complexity index is 235. The van der Waals surface area contributed by atoms with Crippen molar-refractivity contribution in [2.24, 2.45) is 0 Å². The predicted molar refractivity (Wildman–Crippen MR) is 90.6 cm³/mol. The molecule has 3 nitrogen and oxygen atoms in total. The molecule has 0 saturated carbocycles. The molecular weight excluding hydrogens is 315 g/mol. The molecule has 0 aliphatic carbocycles. The third kappa shape index (κ3) is 12.6. The van der Waals surface area contributed by atoms with Crippen molar-refractivity contribution in [1.29, 1.82) is 0 Å². The third-order valence-electron chi connectivity index (χ3n) is 3.08. The van der Waals surface area contributed by atoms with Crippen LogP contribution < -0.4 is 0 Å². The van der Waals surface area contributed by atoms with Gasteiger partial charge in [0, 0.05) is 0 Å². The number of rotatable bonds is 15. The van der Waals surface area contributed by atoms with Crippen LogP contribution in [0.25, 0.3) is 0 Å². The molecule has 0 unspecified atom stereocenters. The molecule has 0 aromatic rings. The van der Waals surface area contributed by atoms with Gasteiger partial charge in [-0.1, -0.05) is 65.2 Å². The zero-order chi connectivity index (χ0) is 15.1. The molecule has 0 aromatic heterocycles. The maximum Gasteiger partial charge on any atom is 0.343 e. The second kappa shape index (κ2) is 14.7. The van der Waals surface area contributed by atoms with Gasteiger partial charge in [0.25, 0.3) is 0 Å². The third-order valence-corrected chi connectivity index (χ3v) is 5.89. The van der Waals surface area contributed by atoms with Crippen molar-refractivity contribution in [2.45, 2.75) is 78.1 Å². The second-order valence-corrected chi connectivity index (χ2v) is 8.32. The van der Waals surface area contributed by atoms with E-state index in [2.05, 4.69) is 13.8 Å². The minimum absolute atomic E-state index is 0.573. The van der Waals surface area contributed by atoms with Gasteiger partial charge in [0.2, 0.25) is 0 Å². The largest absolute Gasteiger partial charge is 0.343 e. The normalized spacial score (nSPS) is 11.9. The SMILES string of the molecule is CCCCCCCOP(=S)(OCl)OCCCCCCC. The van der Waals surface area contributed by atoms with Gasteiger partial charge in [-0.2, -0.15) is 4.08 Å². The molecule has 0 fully saturated rings. The maximum atomic E-state index is 5.54. The Balaban J connectivity index is 3.60. The summed E-state index contributed by atoms with van der Waals surface area (Å²) in [5.41, 5.74) is 0. The molecule has 0 aliphatic heterocycles. The predicted octanol–water partition coefficient (Wildman–Crippen LogP) is 6.36. The molecule has 0 amide bonds. The summed E-state index contributed by atoms with van der Waals surface area (Å²) < 4.78 is 15.8. The van der Waals surface area contributed by atoms with Crippen molar-refractivity contribution < 1.29 is 13.1 Å². The van der Waals surface area contributed by atoms with Gasteiger partial charge >= 0.3 is 6.72 Å². The van der Waals surface area contributed by atoms with Crippen LogP contribution >= 0.6 is 18.6 Å². The summed E-state index contributed by atoms with van der Waals surface area (Å²) in [7, 11) is 0. The molecule has 122 valence electrons. The van der Waals surface area contributed by atoms with E-state index in [1.807, 2.05) is 0 Å². The van der Waals surface area contributed by atoms with Gasteiger partial charge in [-0.15, -0.1) is 0 Å². The van der Waals surface area contributed by atoms with Crippen LogP contribution in [-0.2, 0) is 24.9 Å². The molecule has 0 bridgehead atoms. The number of unbranched alkanes of at least 4 members (excludes halogenated alkanes) is 8. The molecular formula is C14H30ClO3PS. The van der Waals surface area contributed by atoms with Crippen LogP contribution in [-0.4, -0.2) is 13.2 Å². The van der Waals surface area contributed by atoms with E-state index in [0.29, 0.717) is 13.2 Å². The Kier molecular flexibility index (Phi) is 15.3. The highest BCUT2D eigenvalue weighted by Crippen LogP contribution is 2.51. The standard InChI is InChI=1S/C14H30ClO3PS/c1-3-5-7-9-11-13-16-19(20,18-15)17-14-12-10-8-6-4-2/h3-14H2,1-2H3. The van der Waals surface area contributed by atoms with E-state index in [1.165, 1.54) is 38.5 Å². The van der Waals surface area contributed by atoms with Crippen molar-refractivity contribution in [2.75, 3.05) is 13.2 Å². The first-order valence-corrected chi connectivity index (χ1v) is 10.7. The van der Waals surface area contributed by atoms with Crippen LogP contribution in [0.2, 0.25) is 0 Å². The van der Waals surface area contributed by atoms with E-state index in [-0.39, 0.29) is 0 Å². The molecule has 0 rings (SSSR count). The molecule has 6 heteroatoms. The summed E-state index contributed by atoms with van der Waals surface area (Å²) in [5.74, 6) is 0. The first-order chi connectivity index (χ1) is 9.68. The first kappa shape index (κ1) is 20.8. The van der Waals surface area contributed by atoms with Gasteiger partial charge in [0.1, 0.15) is 0 Å². The Labute approximate surface area is 135 Å². The van der Waals surface area contributed by atoms with Crippen LogP contribution in [0.4, 0.5) is 0 Å².